The highest BCUT2D eigenvalue weighted by atomic mass is 79.9. The lowest BCUT2D eigenvalue weighted by molar-refractivity contribution is 0.603. The molecule has 1 N–H and O–H groups in total. The highest BCUT2D eigenvalue weighted by Gasteiger charge is 2.16. The lowest BCUT2D eigenvalue weighted by Gasteiger charge is -2.04. The van der Waals surface area contributed by atoms with Crippen LogP contribution in [0.15, 0.2) is 38.5 Å². The Kier molecular flexibility index (Phi) is 3.72. The van der Waals surface area contributed by atoms with Gasteiger partial charge in [0.1, 0.15) is 10.0 Å². The third-order valence-electron chi connectivity index (χ3n) is 1.78. The molecular formula is C9H6BrClN2O2S2. The topological polar surface area (TPSA) is 59.1 Å². The molecule has 2 rings (SSSR count). The van der Waals surface area contributed by atoms with E-state index in [2.05, 4.69) is 25.6 Å². The quantitative estimate of drug-likeness (QED) is 0.920. The Morgan fingerprint density at radius 3 is 2.59 bits per heavy atom. The van der Waals surface area contributed by atoms with E-state index in [0.29, 0.717) is 5.02 Å². The molecule has 17 heavy (non-hydrogen) atoms. The van der Waals surface area contributed by atoms with Crippen LogP contribution in [-0.2, 0) is 10.0 Å². The van der Waals surface area contributed by atoms with E-state index in [4.69, 9.17) is 11.6 Å². The van der Waals surface area contributed by atoms with Gasteiger partial charge in [0.05, 0.1) is 8.81 Å². The molecule has 0 aliphatic rings. The normalized spacial score (nSPS) is 11.4. The Morgan fingerprint density at radius 1 is 1.29 bits per heavy atom. The summed E-state index contributed by atoms with van der Waals surface area (Å²) in [5, 5.41) is 0.451. The zero-order valence-corrected chi connectivity index (χ0v) is 12.2. The lowest BCUT2D eigenvalue weighted by atomic mass is 10.5. The first-order valence-corrected chi connectivity index (χ1v) is 7.84. The summed E-state index contributed by atoms with van der Waals surface area (Å²) in [6, 6.07) is 6.26. The average molecular weight is 354 g/mol. The number of pyridine rings is 1. The van der Waals surface area contributed by atoms with E-state index in [1.165, 1.54) is 18.3 Å². The highest BCUT2D eigenvalue weighted by molar-refractivity contribution is 9.11. The van der Waals surface area contributed by atoms with Crippen LogP contribution in [0.25, 0.3) is 0 Å². The van der Waals surface area contributed by atoms with Gasteiger partial charge in [0.2, 0.25) is 0 Å². The molecule has 0 spiro atoms. The Morgan fingerprint density at radius 2 is 2.06 bits per heavy atom. The Bertz CT molecular complexity index is 625. The zero-order valence-electron chi connectivity index (χ0n) is 8.22. The van der Waals surface area contributed by atoms with Crippen molar-refractivity contribution in [3.8, 4) is 0 Å². The molecule has 0 saturated carbocycles. The number of aromatic nitrogens is 1. The van der Waals surface area contributed by atoms with Gasteiger partial charge in [0.25, 0.3) is 10.0 Å². The van der Waals surface area contributed by atoms with Crippen molar-refractivity contribution in [1.29, 1.82) is 0 Å². The van der Waals surface area contributed by atoms with Crippen LogP contribution in [-0.4, -0.2) is 13.4 Å². The average Bonchev–Trinajstić information content (AvgIpc) is 2.69. The van der Waals surface area contributed by atoms with Crippen LogP contribution in [0.4, 0.5) is 5.82 Å². The number of nitrogens with zero attached hydrogens (tertiary/aromatic N) is 1. The minimum Gasteiger partial charge on any atom is -0.263 e. The molecule has 0 atom stereocenters. The van der Waals surface area contributed by atoms with E-state index >= 15 is 0 Å². The molecule has 4 nitrogen and oxygen atoms in total. The van der Waals surface area contributed by atoms with Crippen LogP contribution in [0.1, 0.15) is 0 Å². The summed E-state index contributed by atoms with van der Waals surface area (Å²) in [5.41, 5.74) is 0. The van der Waals surface area contributed by atoms with Crippen molar-refractivity contribution >= 4 is 54.7 Å². The number of rotatable bonds is 3. The summed E-state index contributed by atoms with van der Waals surface area (Å²) >= 11 is 10.0. The van der Waals surface area contributed by atoms with Crippen molar-refractivity contribution in [1.82, 2.24) is 4.98 Å². The molecule has 0 amide bonds. The maximum absolute atomic E-state index is 11.9. The molecule has 2 heterocycles. The van der Waals surface area contributed by atoms with Crippen LogP contribution in [0.2, 0.25) is 5.02 Å². The van der Waals surface area contributed by atoms with Crippen molar-refractivity contribution < 1.29 is 8.42 Å². The molecule has 8 heteroatoms. The fourth-order valence-electron chi connectivity index (χ4n) is 1.07. The summed E-state index contributed by atoms with van der Waals surface area (Å²) < 4.78 is 27.2. The maximum atomic E-state index is 11.9. The molecule has 0 aliphatic carbocycles. The van der Waals surface area contributed by atoms with Gasteiger partial charge in [-0.3, -0.25) is 4.72 Å². The number of hydrogen-bond donors (Lipinski definition) is 1. The molecular weight excluding hydrogens is 348 g/mol. The SMILES string of the molecule is O=S(=O)(Nc1ccc(Cl)cn1)c1ccc(Br)s1. The molecule has 0 fully saturated rings. The largest absolute Gasteiger partial charge is 0.272 e. The third-order valence-corrected chi connectivity index (χ3v) is 5.47. The second kappa shape index (κ2) is 4.93. The van der Waals surface area contributed by atoms with E-state index in [9.17, 15) is 8.42 Å². The zero-order chi connectivity index (χ0) is 12.5. The molecule has 0 saturated heterocycles. The predicted octanol–water partition coefficient (Wildman–Crippen LogP) is 3.36. The van der Waals surface area contributed by atoms with Crippen LogP contribution >= 0.6 is 38.9 Å². The van der Waals surface area contributed by atoms with Crippen molar-refractivity contribution in [3.05, 3.63) is 39.3 Å². The predicted molar refractivity (Wildman–Crippen MR) is 72.1 cm³/mol. The Balaban J connectivity index is 2.26. The Hall–Kier alpha value is -0.630. The number of thiophene rings is 1. The van der Waals surface area contributed by atoms with Gasteiger partial charge in [-0.1, -0.05) is 11.6 Å². The van der Waals surface area contributed by atoms with Gasteiger partial charge >= 0.3 is 0 Å². The van der Waals surface area contributed by atoms with Gasteiger partial charge in [-0.2, -0.15) is 0 Å². The van der Waals surface area contributed by atoms with Crippen molar-refractivity contribution in [2.24, 2.45) is 0 Å². The molecule has 90 valence electrons. The van der Waals surface area contributed by atoms with Crippen molar-refractivity contribution in [2.75, 3.05) is 4.72 Å². The van der Waals surface area contributed by atoms with Gasteiger partial charge in [-0.25, -0.2) is 13.4 Å². The van der Waals surface area contributed by atoms with Gasteiger partial charge in [0.15, 0.2) is 0 Å². The number of hydrogen-bond acceptors (Lipinski definition) is 4. The minimum absolute atomic E-state index is 0.223. The molecule has 0 bridgehead atoms. The maximum Gasteiger partial charge on any atom is 0.272 e. The van der Waals surface area contributed by atoms with E-state index in [1.807, 2.05) is 0 Å². The first kappa shape index (κ1) is 12.8. The fourth-order valence-corrected chi connectivity index (χ4v) is 4.20. The van der Waals surface area contributed by atoms with Crippen LogP contribution in [0, 0.1) is 0 Å². The first-order valence-electron chi connectivity index (χ1n) is 4.37. The van der Waals surface area contributed by atoms with E-state index in [0.717, 1.165) is 15.1 Å². The van der Waals surface area contributed by atoms with Crippen LogP contribution < -0.4 is 4.72 Å². The number of anilines is 1. The Labute approximate surface area is 116 Å². The van der Waals surface area contributed by atoms with Gasteiger partial charge in [0, 0.05) is 6.20 Å². The number of nitrogens with one attached hydrogen (secondary N) is 1. The number of sulfonamides is 1. The van der Waals surface area contributed by atoms with Crippen LogP contribution in [0.3, 0.4) is 0 Å². The van der Waals surface area contributed by atoms with E-state index in [1.54, 1.807) is 12.1 Å². The molecule has 2 aromatic rings. The molecule has 2 aromatic heterocycles. The van der Waals surface area contributed by atoms with E-state index in [-0.39, 0.29) is 10.0 Å². The standard InChI is InChI=1S/C9H6BrClN2O2S2/c10-7-2-4-9(16-7)17(14,15)13-8-3-1-6(11)5-12-8/h1-5H,(H,12,13). The van der Waals surface area contributed by atoms with Gasteiger partial charge < -0.3 is 0 Å². The van der Waals surface area contributed by atoms with Gasteiger partial charge in [-0.05, 0) is 40.2 Å². The first-order chi connectivity index (χ1) is 7.97. The second-order valence-corrected chi connectivity index (χ2v) is 7.83. The summed E-state index contributed by atoms with van der Waals surface area (Å²) in [4.78, 5) is 3.87. The van der Waals surface area contributed by atoms with Crippen LogP contribution in [0.5, 0.6) is 0 Å². The smallest absolute Gasteiger partial charge is 0.263 e. The summed E-state index contributed by atoms with van der Waals surface area (Å²) in [7, 11) is -3.57. The lowest BCUT2D eigenvalue weighted by Crippen LogP contribution is -2.12. The summed E-state index contributed by atoms with van der Waals surface area (Å²) in [5.74, 6) is 0.235. The second-order valence-electron chi connectivity index (χ2n) is 3.03. The third kappa shape index (κ3) is 3.19. The van der Waals surface area contributed by atoms with Crippen molar-refractivity contribution in [2.45, 2.75) is 4.21 Å². The number of halogens is 2. The van der Waals surface area contributed by atoms with Gasteiger partial charge in [-0.15, -0.1) is 11.3 Å². The molecule has 0 unspecified atom stereocenters. The summed E-state index contributed by atoms with van der Waals surface area (Å²) in [6.45, 7) is 0. The summed E-state index contributed by atoms with van der Waals surface area (Å²) in [6.07, 6.45) is 1.38. The fraction of sp³-hybridized carbons (Fsp3) is 0. The van der Waals surface area contributed by atoms with Crippen molar-refractivity contribution in [3.63, 3.8) is 0 Å². The highest BCUT2D eigenvalue weighted by Crippen LogP contribution is 2.27. The minimum atomic E-state index is -3.57. The monoisotopic (exact) mass is 352 g/mol. The molecule has 0 aliphatic heterocycles. The van der Waals surface area contributed by atoms with E-state index < -0.39 is 10.0 Å². The molecule has 0 radical (unpaired) electrons. The molecule has 0 aromatic carbocycles.